The Morgan fingerprint density at radius 2 is 1.93 bits per heavy atom. The van der Waals surface area contributed by atoms with Gasteiger partial charge in [-0.15, -0.1) is 0 Å². The molecule has 27 heavy (non-hydrogen) atoms. The van der Waals surface area contributed by atoms with E-state index >= 15 is 0 Å². The molecule has 0 aromatic heterocycles. The quantitative estimate of drug-likeness (QED) is 0.770. The highest BCUT2D eigenvalue weighted by Crippen LogP contribution is 2.41. The fourth-order valence-electron chi connectivity index (χ4n) is 4.58. The van der Waals surface area contributed by atoms with E-state index in [4.69, 9.17) is 5.73 Å². The highest BCUT2D eigenvalue weighted by molar-refractivity contribution is 8.18. The molecule has 1 atom stereocenters. The van der Waals surface area contributed by atoms with Gasteiger partial charge in [-0.2, -0.15) is 0 Å². The third-order valence-electron chi connectivity index (χ3n) is 5.85. The molecule has 3 N–H and O–H groups in total. The van der Waals surface area contributed by atoms with E-state index in [2.05, 4.69) is 28.4 Å². The van der Waals surface area contributed by atoms with Gasteiger partial charge in [0.15, 0.2) is 0 Å². The van der Waals surface area contributed by atoms with Gasteiger partial charge in [0.05, 0.1) is 4.91 Å². The number of amides is 2. The van der Waals surface area contributed by atoms with Crippen LogP contribution in [0.15, 0.2) is 23.1 Å². The van der Waals surface area contributed by atoms with Crippen molar-refractivity contribution in [1.29, 1.82) is 0 Å². The first-order valence-electron chi connectivity index (χ1n) is 10.00. The molecule has 2 amide bonds. The number of thioether (sulfide) groups is 1. The molecular weight excluding hydrogens is 358 g/mol. The number of nitrogens with one attached hydrogen (secondary N) is 1. The van der Waals surface area contributed by atoms with E-state index < -0.39 is 0 Å². The fraction of sp³-hybridized carbons (Fsp3) is 0.524. The second-order valence-corrected chi connectivity index (χ2v) is 8.84. The lowest BCUT2D eigenvalue weighted by atomic mass is 9.82. The van der Waals surface area contributed by atoms with Crippen molar-refractivity contribution in [3.05, 3.63) is 34.2 Å². The van der Waals surface area contributed by atoms with Gasteiger partial charge in [0, 0.05) is 24.8 Å². The molecule has 1 saturated carbocycles. The SMILES string of the molecule is NC1CCCN(c2c(C=C3SC(=O)NC3=O)cccc2C2CCCCC2)C1. The number of hydrogen-bond donors (Lipinski definition) is 2. The second-order valence-electron chi connectivity index (χ2n) is 7.82. The lowest BCUT2D eigenvalue weighted by molar-refractivity contribution is -0.115. The largest absolute Gasteiger partial charge is 0.369 e. The predicted octanol–water partition coefficient (Wildman–Crippen LogP) is 3.99. The van der Waals surface area contributed by atoms with Crippen LogP contribution in [0.3, 0.4) is 0 Å². The van der Waals surface area contributed by atoms with Gasteiger partial charge in [0.25, 0.3) is 11.1 Å². The molecule has 1 unspecified atom stereocenters. The van der Waals surface area contributed by atoms with Crippen LogP contribution in [0.25, 0.3) is 6.08 Å². The average Bonchev–Trinajstić information content (AvgIpc) is 2.99. The van der Waals surface area contributed by atoms with Crippen molar-refractivity contribution in [2.24, 2.45) is 5.73 Å². The number of para-hydroxylation sites is 1. The summed E-state index contributed by atoms with van der Waals surface area (Å²) in [6.45, 7) is 1.84. The van der Waals surface area contributed by atoms with Crippen LogP contribution in [0.1, 0.15) is 62.0 Å². The monoisotopic (exact) mass is 385 g/mol. The maximum atomic E-state index is 12.1. The summed E-state index contributed by atoms with van der Waals surface area (Å²) in [4.78, 5) is 26.5. The summed E-state index contributed by atoms with van der Waals surface area (Å²) in [5.41, 5.74) is 9.91. The lowest BCUT2D eigenvalue weighted by Crippen LogP contribution is -2.43. The van der Waals surface area contributed by atoms with E-state index in [9.17, 15) is 9.59 Å². The molecule has 5 nitrogen and oxygen atoms in total. The molecule has 144 valence electrons. The van der Waals surface area contributed by atoms with Crippen molar-refractivity contribution in [2.45, 2.75) is 56.9 Å². The maximum Gasteiger partial charge on any atom is 0.290 e. The summed E-state index contributed by atoms with van der Waals surface area (Å²) in [5.74, 6) is 0.270. The number of rotatable bonds is 3. The molecule has 1 aromatic rings. The standard InChI is InChI=1S/C21H27N3O2S/c22-16-9-5-11-24(13-16)19-15(12-18-20(25)23-21(26)27-18)8-4-10-17(19)14-6-2-1-3-7-14/h4,8,10,12,14,16H,1-3,5-7,9,11,13,22H2,(H,23,25,26). The van der Waals surface area contributed by atoms with Gasteiger partial charge < -0.3 is 10.6 Å². The Kier molecular flexibility index (Phi) is 5.55. The maximum absolute atomic E-state index is 12.1. The zero-order valence-electron chi connectivity index (χ0n) is 15.6. The van der Waals surface area contributed by atoms with E-state index in [1.807, 2.05) is 6.08 Å². The number of carbonyl (C=O) groups excluding carboxylic acids is 2. The van der Waals surface area contributed by atoms with Crippen molar-refractivity contribution in [1.82, 2.24) is 5.32 Å². The van der Waals surface area contributed by atoms with Gasteiger partial charge in [-0.25, -0.2) is 0 Å². The van der Waals surface area contributed by atoms with Crippen LogP contribution in [0, 0.1) is 0 Å². The van der Waals surface area contributed by atoms with Crippen molar-refractivity contribution in [2.75, 3.05) is 18.0 Å². The minimum absolute atomic E-state index is 0.185. The molecule has 0 spiro atoms. The minimum Gasteiger partial charge on any atom is -0.369 e. The summed E-state index contributed by atoms with van der Waals surface area (Å²) >= 11 is 0.984. The summed E-state index contributed by atoms with van der Waals surface area (Å²) < 4.78 is 0. The number of piperidine rings is 1. The summed E-state index contributed by atoms with van der Waals surface area (Å²) in [7, 11) is 0. The van der Waals surface area contributed by atoms with Crippen LogP contribution in [0.4, 0.5) is 10.5 Å². The van der Waals surface area contributed by atoms with Gasteiger partial charge in [-0.1, -0.05) is 37.5 Å². The smallest absolute Gasteiger partial charge is 0.290 e. The lowest BCUT2D eigenvalue weighted by Gasteiger charge is -2.37. The molecule has 2 heterocycles. The molecule has 0 radical (unpaired) electrons. The Morgan fingerprint density at radius 3 is 2.63 bits per heavy atom. The Morgan fingerprint density at radius 1 is 1.11 bits per heavy atom. The zero-order chi connectivity index (χ0) is 18.8. The van der Waals surface area contributed by atoms with Crippen LogP contribution in [0.2, 0.25) is 0 Å². The molecule has 2 aliphatic heterocycles. The Hall–Kier alpha value is -1.79. The number of anilines is 1. The third-order valence-corrected chi connectivity index (χ3v) is 6.66. The molecule has 2 saturated heterocycles. The van der Waals surface area contributed by atoms with Crippen molar-refractivity contribution in [3.63, 3.8) is 0 Å². The Labute approximate surface area is 164 Å². The van der Waals surface area contributed by atoms with Crippen LogP contribution >= 0.6 is 11.8 Å². The van der Waals surface area contributed by atoms with Gasteiger partial charge in [-0.3, -0.25) is 14.9 Å². The van der Waals surface area contributed by atoms with Crippen LogP contribution < -0.4 is 16.0 Å². The number of nitrogens with zero attached hydrogens (tertiary/aromatic N) is 1. The number of carbonyl (C=O) groups is 2. The molecule has 1 aromatic carbocycles. The number of hydrogen-bond acceptors (Lipinski definition) is 5. The van der Waals surface area contributed by atoms with Crippen molar-refractivity contribution < 1.29 is 9.59 Å². The summed E-state index contributed by atoms with van der Waals surface area (Å²) in [6.07, 6.45) is 10.4. The molecular formula is C21H27N3O2S. The van der Waals surface area contributed by atoms with E-state index in [-0.39, 0.29) is 17.2 Å². The van der Waals surface area contributed by atoms with E-state index in [0.29, 0.717) is 10.8 Å². The Balaban J connectivity index is 1.76. The zero-order valence-corrected chi connectivity index (χ0v) is 16.4. The number of nitrogens with two attached hydrogens (primary N) is 1. The van der Waals surface area contributed by atoms with E-state index in [0.717, 1.165) is 43.3 Å². The average molecular weight is 386 g/mol. The fourth-order valence-corrected chi connectivity index (χ4v) is 5.25. The molecule has 1 aliphatic carbocycles. The third kappa shape index (κ3) is 4.06. The first-order chi connectivity index (χ1) is 13.1. The topological polar surface area (TPSA) is 75.4 Å². The molecule has 3 aliphatic rings. The van der Waals surface area contributed by atoms with Crippen LogP contribution in [-0.2, 0) is 4.79 Å². The first kappa shape index (κ1) is 18.6. The van der Waals surface area contributed by atoms with Crippen LogP contribution in [0.5, 0.6) is 0 Å². The summed E-state index contributed by atoms with van der Waals surface area (Å²) in [5, 5.41) is 2.06. The van der Waals surface area contributed by atoms with E-state index in [1.54, 1.807) is 0 Å². The number of imide groups is 1. The Bertz CT molecular complexity index is 771. The molecule has 3 fully saturated rings. The summed E-state index contributed by atoms with van der Waals surface area (Å²) in [6, 6.07) is 6.58. The number of benzene rings is 1. The van der Waals surface area contributed by atoms with Gasteiger partial charge in [0.1, 0.15) is 0 Å². The second kappa shape index (κ2) is 8.07. The highest BCUT2D eigenvalue weighted by atomic mass is 32.2. The van der Waals surface area contributed by atoms with Gasteiger partial charge in [0.2, 0.25) is 0 Å². The van der Waals surface area contributed by atoms with Gasteiger partial charge >= 0.3 is 0 Å². The minimum atomic E-state index is -0.297. The van der Waals surface area contributed by atoms with Crippen molar-refractivity contribution >= 4 is 34.7 Å². The molecule has 0 bridgehead atoms. The van der Waals surface area contributed by atoms with Crippen molar-refractivity contribution in [3.8, 4) is 0 Å². The first-order valence-corrected chi connectivity index (χ1v) is 10.8. The van der Waals surface area contributed by atoms with E-state index in [1.165, 1.54) is 43.4 Å². The highest BCUT2D eigenvalue weighted by Gasteiger charge is 2.28. The molecule has 4 rings (SSSR count). The van der Waals surface area contributed by atoms with Crippen LogP contribution in [-0.4, -0.2) is 30.3 Å². The normalized spacial score (nSPS) is 25.9. The molecule has 6 heteroatoms. The predicted molar refractivity (Wildman–Crippen MR) is 111 cm³/mol. The van der Waals surface area contributed by atoms with Gasteiger partial charge in [-0.05, 0) is 60.6 Å².